The van der Waals surface area contributed by atoms with E-state index < -0.39 is 30.1 Å². The Hall–Kier alpha value is -1.70. The average molecular weight is 349 g/mol. The van der Waals surface area contributed by atoms with Gasteiger partial charge in [0.2, 0.25) is 0 Å². The largest absolute Gasteiger partial charge is 0.491 e. The molecular formula is C18H25BFNO4. The average Bonchev–Trinajstić information content (AvgIpc) is 2.74. The summed E-state index contributed by atoms with van der Waals surface area (Å²) in [5.41, 5.74) is 0.455. The van der Waals surface area contributed by atoms with Gasteiger partial charge in [0.25, 0.3) is 0 Å². The third kappa shape index (κ3) is 4.11. The van der Waals surface area contributed by atoms with E-state index in [-0.39, 0.29) is 5.56 Å². The van der Waals surface area contributed by atoms with Crippen molar-refractivity contribution in [3.63, 3.8) is 0 Å². The highest BCUT2D eigenvalue weighted by molar-refractivity contribution is 6.55. The number of hydrogen-bond donors (Lipinski definition) is 1. The van der Waals surface area contributed by atoms with Crippen molar-refractivity contribution in [2.24, 2.45) is 0 Å². The van der Waals surface area contributed by atoms with Crippen LogP contribution in [0.2, 0.25) is 0 Å². The van der Waals surface area contributed by atoms with Gasteiger partial charge in [0.15, 0.2) is 0 Å². The Morgan fingerprint density at radius 3 is 2.36 bits per heavy atom. The molecule has 5 nitrogen and oxygen atoms in total. The van der Waals surface area contributed by atoms with Crippen LogP contribution in [0.4, 0.5) is 4.39 Å². The van der Waals surface area contributed by atoms with Gasteiger partial charge >= 0.3 is 13.1 Å². The predicted octanol–water partition coefficient (Wildman–Crippen LogP) is 2.85. The van der Waals surface area contributed by atoms with Gasteiger partial charge in [-0.25, -0.2) is 9.18 Å². The van der Waals surface area contributed by atoms with Crippen molar-refractivity contribution in [1.29, 1.82) is 0 Å². The first-order valence-corrected chi connectivity index (χ1v) is 8.20. The van der Waals surface area contributed by atoms with Gasteiger partial charge in [-0.05, 0) is 57.9 Å². The molecule has 0 unspecified atom stereocenters. The fraction of sp³-hybridized carbons (Fsp3) is 0.500. The van der Waals surface area contributed by atoms with Gasteiger partial charge in [-0.2, -0.15) is 0 Å². The number of carbonyl (C=O) groups is 1. The van der Waals surface area contributed by atoms with E-state index >= 15 is 0 Å². The summed E-state index contributed by atoms with van der Waals surface area (Å²) < 4.78 is 30.8. The van der Waals surface area contributed by atoms with Crippen LogP contribution in [0.5, 0.6) is 0 Å². The van der Waals surface area contributed by atoms with Crippen LogP contribution in [0.25, 0.3) is 6.08 Å². The second kappa shape index (κ2) is 7.27. The Morgan fingerprint density at radius 1 is 1.28 bits per heavy atom. The number of methoxy groups -OCH3 is 1. The quantitative estimate of drug-likeness (QED) is 0.654. The maximum atomic E-state index is 14.1. The summed E-state index contributed by atoms with van der Waals surface area (Å²) >= 11 is 0. The normalized spacial score (nSPS) is 19.2. The SMILES string of the molecule is CNCC(=Cc1ccc(C(=O)OC)c(F)c1)B1OC(C)(C)C(C)(C)O1. The highest BCUT2D eigenvalue weighted by Crippen LogP contribution is 2.38. The second-order valence-corrected chi connectivity index (χ2v) is 7.07. The third-order valence-corrected chi connectivity index (χ3v) is 4.69. The Kier molecular flexibility index (Phi) is 5.71. The number of carbonyl (C=O) groups excluding carboxylic acids is 1. The molecule has 7 heteroatoms. The van der Waals surface area contributed by atoms with Crippen LogP contribution in [0.15, 0.2) is 23.7 Å². The van der Waals surface area contributed by atoms with Crippen LogP contribution in [0.1, 0.15) is 43.6 Å². The highest BCUT2D eigenvalue weighted by Gasteiger charge is 2.52. The van der Waals surface area contributed by atoms with Crippen LogP contribution in [-0.4, -0.2) is 45.0 Å². The minimum Gasteiger partial charge on any atom is -0.465 e. The summed E-state index contributed by atoms with van der Waals surface area (Å²) in [6, 6.07) is 4.37. The first kappa shape index (κ1) is 19.6. The van der Waals surface area contributed by atoms with Gasteiger partial charge < -0.3 is 19.4 Å². The molecule has 1 aliphatic rings. The lowest BCUT2D eigenvalue weighted by Gasteiger charge is -2.32. The van der Waals surface area contributed by atoms with E-state index in [2.05, 4.69) is 10.1 Å². The number of ether oxygens (including phenoxy) is 1. The minimum absolute atomic E-state index is 0.0922. The second-order valence-electron chi connectivity index (χ2n) is 7.07. The molecular weight excluding hydrogens is 324 g/mol. The molecule has 0 radical (unpaired) electrons. The molecule has 1 aromatic carbocycles. The molecule has 1 aliphatic heterocycles. The zero-order valence-electron chi connectivity index (χ0n) is 15.6. The monoisotopic (exact) mass is 349 g/mol. The molecule has 136 valence electrons. The molecule has 1 saturated heterocycles. The standard InChI is InChI=1S/C18H25BFNO4/c1-17(2)18(3,4)25-19(24-17)13(11-21-5)9-12-7-8-14(15(20)10-12)16(22)23-6/h7-10,21H,11H2,1-6H3. The molecule has 1 aromatic rings. The van der Waals surface area contributed by atoms with Crippen molar-refractivity contribution in [3.8, 4) is 0 Å². The molecule has 0 bridgehead atoms. The lowest BCUT2D eigenvalue weighted by molar-refractivity contribution is 0.00578. The Balaban J connectivity index is 2.32. The fourth-order valence-corrected chi connectivity index (χ4v) is 2.51. The Bertz CT molecular complexity index is 672. The zero-order valence-corrected chi connectivity index (χ0v) is 15.6. The number of esters is 1. The lowest BCUT2D eigenvalue weighted by atomic mass is 9.77. The summed E-state index contributed by atoms with van der Waals surface area (Å²) in [6.45, 7) is 8.45. The van der Waals surface area contributed by atoms with E-state index in [0.29, 0.717) is 12.1 Å². The summed E-state index contributed by atoms with van der Waals surface area (Å²) in [5, 5.41) is 3.08. The molecule has 2 rings (SSSR count). The van der Waals surface area contributed by atoms with E-state index in [1.807, 2.05) is 40.8 Å². The highest BCUT2D eigenvalue weighted by atomic mass is 19.1. The summed E-state index contributed by atoms with van der Waals surface area (Å²) in [5.74, 6) is -1.33. The molecule has 0 spiro atoms. The number of hydrogen-bond acceptors (Lipinski definition) is 5. The van der Waals surface area contributed by atoms with Crippen LogP contribution in [0, 0.1) is 5.82 Å². The number of rotatable bonds is 5. The van der Waals surface area contributed by atoms with Crippen LogP contribution >= 0.6 is 0 Å². The van der Waals surface area contributed by atoms with E-state index in [1.165, 1.54) is 19.2 Å². The first-order chi connectivity index (χ1) is 11.6. The van der Waals surface area contributed by atoms with E-state index in [0.717, 1.165) is 5.47 Å². The minimum atomic E-state index is -0.700. The molecule has 0 aliphatic carbocycles. The van der Waals surface area contributed by atoms with Crippen LogP contribution in [0.3, 0.4) is 0 Å². The van der Waals surface area contributed by atoms with Crippen molar-refractivity contribution in [2.75, 3.05) is 20.7 Å². The van der Waals surface area contributed by atoms with Gasteiger partial charge in [-0.15, -0.1) is 0 Å². The third-order valence-electron chi connectivity index (χ3n) is 4.69. The predicted molar refractivity (Wildman–Crippen MR) is 95.7 cm³/mol. The number of halogens is 1. The van der Waals surface area contributed by atoms with Crippen LogP contribution in [-0.2, 0) is 14.0 Å². The Labute approximate surface area is 148 Å². The molecule has 0 aromatic heterocycles. The number of benzene rings is 1. The fourth-order valence-electron chi connectivity index (χ4n) is 2.51. The molecule has 1 N–H and O–H groups in total. The van der Waals surface area contributed by atoms with Gasteiger partial charge in [0.1, 0.15) is 5.82 Å². The summed E-state index contributed by atoms with van der Waals surface area (Å²) in [6.07, 6.45) is 1.81. The molecule has 0 amide bonds. The molecule has 0 atom stereocenters. The van der Waals surface area contributed by atoms with Crippen molar-refractivity contribution >= 4 is 19.2 Å². The van der Waals surface area contributed by atoms with Crippen molar-refractivity contribution in [1.82, 2.24) is 5.32 Å². The van der Waals surface area contributed by atoms with E-state index in [1.54, 1.807) is 6.07 Å². The maximum Gasteiger partial charge on any atom is 0.491 e. The van der Waals surface area contributed by atoms with E-state index in [9.17, 15) is 9.18 Å². The number of nitrogens with one attached hydrogen (secondary N) is 1. The summed E-state index contributed by atoms with van der Waals surface area (Å²) in [7, 11) is 2.51. The summed E-state index contributed by atoms with van der Waals surface area (Å²) in [4.78, 5) is 11.5. The van der Waals surface area contributed by atoms with Gasteiger partial charge in [0, 0.05) is 6.54 Å². The molecule has 1 heterocycles. The van der Waals surface area contributed by atoms with Gasteiger partial charge in [-0.3, -0.25) is 0 Å². The molecule has 1 fully saturated rings. The van der Waals surface area contributed by atoms with Crippen molar-refractivity contribution in [3.05, 3.63) is 40.6 Å². The smallest absolute Gasteiger partial charge is 0.465 e. The first-order valence-electron chi connectivity index (χ1n) is 8.20. The van der Waals surface area contributed by atoms with Crippen molar-refractivity contribution < 1.29 is 23.2 Å². The number of likely N-dealkylation sites (N-methyl/N-ethyl adjacent to an activating group) is 1. The molecule has 25 heavy (non-hydrogen) atoms. The van der Waals surface area contributed by atoms with Crippen LogP contribution < -0.4 is 5.32 Å². The van der Waals surface area contributed by atoms with Gasteiger partial charge in [0.05, 0.1) is 23.9 Å². The van der Waals surface area contributed by atoms with Gasteiger partial charge in [-0.1, -0.05) is 12.1 Å². The topological polar surface area (TPSA) is 56.8 Å². The maximum absolute atomic E-state index is 14.1. The van der Waals surface area contributed by atoms with E-state index in [4.69, 9.17) is 9.31 Å². The lowest BCUT2D eigenvalue weighted by Crippen LogP contribution is -2.41. The van der Waals surface area contributed by atoms with Crippen molar-refractivity contribution in [2.45, 2.75) is 38.9 Å². The Morgan fingerprint density at radius 2 is 1.88 bits per heavy atom. The molecule has 0 saturated carbocycles. The zero-order chi connectivity index (χ0) is 18.8.